The summed E-state index contributed by atoms with van der Waals surface area (Å²) in [5.41, 5.74) is 1.43. The van der Waals surface area contributed by atoms with Gasteiger partial charge >= 0.3 is 0 Å². The molecule has 0 aromatic heterocycles. The van der Waals surface area contributed by atoms with E-state index in [1.165, 1.54) is 38.0 Å². The molecule has 0 amide bonds. The lowest BCUT2D eigenvalue weighted by Crippen LogP contribution is -2.38. The molecule has 0 aliphatic carbocycles. The third kappa shape index (κ3) is 5.10. The van der Waals surface area contributed by atoms with Gasteiger partial charge < -0.3 is 10.2 Å². The first-order valence-electron chi connectivity index (χ1n) is 8.57. The van der Waals surface area contributed by atoms with Crippen molar-refractivity contribution >= 4 is 0 Å². The van der Waals surface area contributed by atoms with Gasteiger partial charge in [0.2, 0.25) is 0 Å². The molecule has 0 saturated carbocycles. The van der Waals surface area contributed by atoms with Crippen molar-refractivity contribution in [3.8, 4) is 0 Å². The second-order valence-corrected chi connectivity index (χ2v) is 5.90. The largest absolute Gasteiger partial charge is 0.314 e. The Bertz CT molecular complexity index is 369. The topological polar surface area (TPSA) is 18.5 Å². The summed E-state index contributed by atoms with van der Waals surface area (Å²) in [6.07, 6.45) is 2.76. The highest BCUT2D eigenvalue weighted by atomic mass is 15.2. The van der Waals surface area contributed by atoms with Gasteiger partial charge in [0.05, 0.1) is 0 Å². The summed E-state index contributed by atoms with van der Waals surface area (Å²) in [6.45, 7) is 12.6. The standard InChI is InChI=1S/C18H31N3/c1-3-21(4-2)18(17-10-6-5-7-11-17)16-19-12-15-20-13-8-9-14-20/h5-7,10-11,18-19H,3-4,8-9,12-16H2,1-2H3. The predicted molar refractivity (Wildman–Crippen MR) is 90.6 cm³/mol. The van der Waals surface area contributed by atoms with Crippen molar-refractivity contribution in [1.82, 2.24) is 15.1 Å². The molecule has 1 aromatic carbocycles. The maximum absolute atomic E-state index is 3.68. The summed E-state index contributed by atoms with van der Waals surface area (Å²) >= 11 is 0. The minimum atomic E-state index is 0.486. The molecule has 1 saturated heterocycles. The van der Waals surface area contributed by atoms with Crippen LogP contribution >= 0.6 is 0 Å². The maximum atomic E-state index is 3.68. The van der Waals surface area contributed by atoms with E-state index in [-0.39, 0.29) is 0 Å². The molecule has 3 nitrogen and oxygen atoms in total. The Morgan fingerprint density at radius 2 is 1.76 bits per heavy atom. The van der Waals surface area contributed by atoms with Crippen LogP contribution in [0.25, 0.3) is 0 Å². The Kier molecular flexibility index (Phi) is 7.20. The van der Waals surface area contributed by atoms with Crippen LogP contribution in [0.3, 0.4) is 0 Å². The average Bonchev–Trinajstić information content (AvgIpc) is 3.05. The fraction of sp³-hybridized carbons (Fsp3) is 0.667. The van der Waals surface area contributed by atoms with Gasteiger partial charge in [-0.05, 0) is 44.6 Å². The quantitative estimate of drug-likeness (QED) is 0.705. The minimum absolute atomic E-state index is 0.486. The van der Waals surface area contributed by atoms with Crippen molar-refractivity contribution in [3.05, 3.63) is 35.9 Å². The van der Waals surface area contributed by atoms with Gasteiger partial charge in [0.1, 0.15) is 0 Å². The number of rotatable bonds is 9. The van der Waals surface area contributed by atoms with Crippen LogP contribution in [0.15, 0.2) is 30.3 Å². The van der Waals surface area contributed by atoms with E-state index in [0.717, 1.165) is 26.2 Å². The van der Waals surface area contributed by atoms with Crippen molar-refractivity contribution in [3.63, 3.8) is 0 Å². The summed E-state index contributed by atoms with van der Waals surface area (Å²) in [6, 6.07) is 11.4. The highest BCUT2D eigenvalue weighted by Crippen LogP contribution is 2.19. The van der Waals surface area contributed by atoms with Crippen molar-refractivity contribution in [2.24, 2.45) is 0 Å². The zero-order valence-corrected chi connectivity index (χ0v) is 13.7. The number of likely N-dealkylation sites (tertiary alicyclic amines) is 1. The van der Waals surface area contributed by atoms with E-state index in [4.69, 9.17) is 0 Å². The van der Waals surface area contributed by atoms with E-state index >= 15 is 0 Å². The van der Waals surface area contributed by atoms with Gasteiger partial charge in [0.15, 0.2) is 0 Å². The lowest BCUT2D eigenvalue weighted by molar-refractivity contribution is 0.211. The molecule has 21 heavy (non-hydrogen) atoms. The molecule has 2 rings (SSSR count). The molecule has 1 N–H and O–H groups in total. The second-order valence-electron chi connectivity index (χ2n) is 5.90. The van der Waals surface area contributed by atoms with Crippen LogP contribution in [0, 0.1) is 0 Å². The smallest absolute Gasteiger partial charge is 0.0472 e. The highest BCUT2D eigenvalue weighted by Gasteiger charge is 2.17. The Morgan fingerprint density at radius 3 is 2.38 bits per heavy atom. The molecule has 118 valence electrons. The highest BCUT2D eigenvalue weighted by molar-refractivity contribution is 5.19. The molecule has 1 aromatic rings. The Morgan fingerprint density at radius 1 is 1.10 bits per heavy atom. The lowest BCUT2D eigenvalue weighted by atomic mass is 10.1. The summed E-state index contributed by atoms with van der Waals surface area (Å²) < 4.78 is 0. The van der Waals surface area contributed by atoms with Crippen molar-refractivity contribution in [2.45, 2.75) is 32.7 Å². The number of nitrogens with zero attached hydrogens (tertiary/aromatic N) is 2. The Labute approximate surface area is 130 Å². The molecule has 1 atom stereocenters. The van der Waals surface area contributed by atoms with Crippen molar-refractivity contribution in [2.75, 3.05) is 45.8 Å². The third-order valence-electron chi connectivity index (χ3n) is 4.58. The number of nitrogens with one attached hydrogen (secondary N) is 1. The van der Waals surface area contributed by atoms with Gasteiger partial charge in [0, 0.05) is 25.7 Å². The molecule has 1 unspecified atom stereocenters. The fourth-order valence-electron chi connectivity index (χ4n) is 3.28. The van der Waals surface area contributed by atoms with E-state index in [1.54, 1.807) is 0 Å². The second kappa shape index (κ2) is 9.19. The molecular weight excluding hydrogens is 258 g/mol. The first-order chi connectivity index (χ1) is 10.3. The van der Waals surface area contributed by atoms with Gasteiger partial charge in [-0.1, -0.05) is 44.2 Å². The zero-order valence-electron chi connectivity index (χ0n) is 13.7. The van der Waals surface area contributed by atoms with Crippen LogP contribution in [0.2, 0.25) is 0 Å². The molecule has 0 bridgehead atoms. The van der Waals surface area contributed by atoms with E-state index in [0.29, 0.717) is 6.04 Å². The van der Waals surface area contributed by atoms with Gasteiger partial charge in [-0.25, -0.2) is 0 Å². The van der Waals surface area contributed by atoms with Crippen molar-refractivity contribution in [1.29, 1.82) is 0 Å². The zero-order chi connectivity index (χ0) is 14.9. The molecule has 0 radical (unpaired) electrons. The van der Waals surface area contributed by atoms with Crippen LogP contribution in [0.5, 0.6) is 0 Å². The van der Waals surface area contributed by atoms with E-state index in [9.17, 15) is 0 Å². The first-order valence-corrected chi connectivity index (χ1v) is 8.57. The van der Waals surface area contributed by atoms with E-state index in [1.807, 2.05) is 0 Å². The lowest BCUT2D eigenvalue weighted by Gasteiger charge is -2.30. The van der Waals surface area contributed by atoms with E-state index < -0.39 is 0 Å². The molecule has 3 heteroatoms. The summed E-state index contributed by atoms with van der Waals surface area (Å²) in [4.78, 5) is 5.11. The maximum Gasteiger partial charge on any atom is 0.0472 e. The molecule has 1 heterocycles. The van der Waals surface area contributed by atoms with Gasteiger partial charge in [0.25, 0.3) is 0 Å². The van der Waals surface area contributed by atoms with Crippen LogP contribution < -0.4 is 5.32 Å². The molecule has 1 fully saturated rings. The first kappa shape index (κ1) is 16.5. The SMILES string of the molecule is CCN(CC)C(CNCCN1CCCC1)c1ccccc1. The van der Waals surface area contributed by atoms with Crippen LogP contribution in [0.1, 0.15) is 38.3 Å². The monoisotopic (exact) mass is 289 g/mol. The fourth-order valence-corrected chi connectivity index (χ4v) is 3.28. The van der Waals surface area contributed by atoms with Crippen LogP contribution in [-0.4, -0.2) is 55.6 Å². The summed E-state index contributed by atoms with van der Waals surface area (Å²) in [5.74, 6) is 0. The average molecular weight is 289 g/mol. The number of likely N-dealkylation sites (N-methyl/N-ethyl adjacent to an activating group) is 1. The third-order valence-corrected chi connectivity index (χ3v) is 4.58. The van der Waals surface area contributed by atoms with Gasteiger partial charge in [-0.3, -0.25) is 4.90 Å². The normalized spacial score (nSPS) is 17.5. The number of benzene rings is 1. The molecule has 1 aliphatic rings. The molecule has 1 aliphatic heterocycles. The number of hydrogen-bond donors (Lipinski definition) is 1. The molecular formula is C18H31N3. The van der Waals surface area contributed by atoms with Gasteiger partial charge in [-0.2, -0.15) is 0 Å². The minimum Gasteiger partial charge on any atom is -0.314 e. The molecule has 0 spiro atoms. The predicted octanol–water partition coefficient (Wildman–Crippen LogP) is 2.75. The van der Waals surface area contributed by atoms with Crippen LogP contribution in [-0.2, 0) is 0 Å². The van der Waals surface area contributed by atoms with E-state index in [2.05, 4.69) is 59.3 Å². The van der Waals surface area contributed by atoms with Gasteiger partial charge in [-0.15, -0.1) is 0 Å². The summed E-state index contributed by atoms with van der Waals surface area (Å²) in [5, 5.41) is 3.68. The number of hydrogen-bond acceptors (Lipinski definition) is 3. The van der Waals surface area contributed by atoms with Crippen LogP contribution in [0.4, 0.5) is 0 Å². The summed E-state index contributed by atoms with van der Waals surface area (Å²) in [7, 11) is 0. The van der Waals surface area contributed by atoms with Crippen molar-refractivity contribution < 1.29 is 0 Å². The Balaban J connectivity index is 1.83. The Hall–Kier alpha value is -0.900.